The van der Waals surface area contributed by atoms with Gasteiger partial charge in [-0.3, -0.25) is 14.9 Å². The van der Waals surface area contributed by atoms with Crippen LogP contribution in [-0.4, -0.2) is 36.3 Å². The van der Waals surface area contributed by atoms with Gasteiger partial charge in [-0.2, -0.15) is 0 Å². The molecule has 2 amide bonds. The zero-order chi connectivity index (χ0) is 20.0. The topological polar surface area (TPSA) is 61.4 Å². The van der Waals surface area contributed by atoms with Crippen molar-refractivity contribution in [2.75, 3.05) is 18.9 Å². The molecule has 0 aromatic heterocycles. The van der Waals surface area contributed by atoms with Crippen LogP contribution in [0.4, 0.5) is 5.69 Å². The standard InChI is InChI=1S/C21H26ClN3O2/c1-14-9-11-17(12-10-14)24-20(26)13-25(4)21(27)16(3)23-15(2)18-7-5-6-8-19(18)22/h5-12,15-16,23H,13H2,1-4H3,(H,24,26)/t15-,16+/m0/s1. The zero-order valence-electron chi connectivity index (χ0n) is 16.1. The lowest BCUT2D eigenvalue weighted by molar-refractivity contribution is -0.135. The SMILES string of the molecule is Cc1ccc(NC(=O)CN(C)C(=O)[C@@H](C)N[C@@H](C)c2ccccc2Cl)cc1. The number of nitrogens with one attached hydrogen (secondary N) is 2. The van der Waals surface area contributed by atoms with Gasteiger partial charge in [0.1, 0.15) is 0 Å². The number of likely N-dealkylation sites (N-methyl/N-ethyl adjacent to an activating group) is 1. The maximum Gasteiger partial charge on any atom is 0.243 e. The van der Waals surface area contributed by atoms with E-state index in [0.717, 1.165) is 11.1 Å². The minimum absolute atomic E-state index is 0.0147. The molecule has 5 nitrogen and oxygen atoms in total. The summed E-state index contributed by atoms with van der Waals surface area (Å²) < 4.78 is 0. The van der Waals surface area contributed by atoms with Gasteiger partial charge < -0.3 is 10.2 Å². The average molecular weight is 388 g/mol. The molecule has 0 aliphatic rings. The Morgan fingerprint density at radius 2 is 1.70 bits per heavy atom. The summed E-state index contributed by atoms with van der Waals surface area (Å²) in [5.74, 6) is -0.394. The minimum atomic E-state index is -0.451. The van der Waals surface area contributed by atoms with Gasteiger partial charge in [-0.15, -0.1) is 0 Å². The van der Waals surface area contributed by atoms with Crippen LogP contribution >= 0.6 is 11.6 Å². The fourth-order valence-electron chi connectivity index (χ4n) is 2.82. The molecule has 144 valence electrons. The number of amides is 2. The molecule has 0 radical (unpaired) electrons. The van der Waals surface area contributed by atoms with E-state index in [2.05, 4.69) is 10.6 Å². The number of nitrogens with zero attached hydrogens (tertiary/aromatic N) is 1. The van der Waals surface area contributed by atoms with Gasteiger partial charge in [-0.1, -0.05) is 47.5 Å². The van der Waals surface area contributed by atoms with Crippen molar-refractivity contribution in [2.24, 2.45) is 0 Å². The molecule has 2 aromatic carbocycles. The predicted molar refractivity (Wildman–Crippen MR) is 110 cm³/mol. The molecular weight excluding hydrogens is 362 g/mol. The first-order chi connectivity index (χ1) is 12.8. The van der Waals surface area contributed by atoms with Gasteiger partial charge in [0.2, 0.25) is 11.8 Å². The quantitative estimate of drug-likeness (QED) is 0.759. The van der Waals surface area contributed by atoms with Gasteiger partial charge in [0.15, 0.2) is 0 Å². The molecule has 0 unspecified atom stereocenters. The van der Waals surface area contributed by atoms with E-state index in [4.69, 9.17) is 11.6 Å². The molecule has 2 aromatic rings. The molecule has 0 saturated carbocycles. The summed E-state index contributed by atoms with van der Waals surface area (Å²) in [5, 5.41) is 6.69. The summed E-state index contributed by atoms with van der Waals surface area (Å²) in [6.45, 7) is 5.70. The van der Waals surface area contributed by atoms with Gasteiger partial charge in [0, 0.05) is 23.8 Å². The van der Waals surface area contributed by atoms with E-state index >= 15 is 0 Å². The third-order valence-corrected chi connectivity index (χ3v) is 4.68. The molecule has 2 atom stereocenters. The zero-order valence-corrected chi connectivity index (χ0v) is 16.9. The van der Waals surface area contributed by atoms with Crippen molar-refractivity contribution in [3.05, 3.63) is 64.7 Å². The Bertz CT molecular complexity index is 792. The van der Waals surface area contributed by atoms with Crippen LogP contribution < -0.4 is 10.6 Å². The molecule has 2 N–H and O–H groups in total. The lowest BCUT2D eigenvalue weighted by Crippen LogP contribution is -2.46. The van der Waals surface area contributed by atoms with E-state index in [1.807, 2.05) is 62.4 Å². The van der Waals surface area contributed by atoms with Crippen LogP contribution in [0.2, 0.25) is 5.02 Å². The number of halogens is 1. The van der Waals surface area contributed by atoms with Crippen LogP contribution in [0.5, 0.6) is 0 Å². The van der Waals surface area contributed by atoms with Crippen LogP contribution in [-0.2, 0) is 9.59 Å². The van der Waals surface area contributed by atoms with Crippen molar-refractivity contribution in [3.8, 4) is 0 Å². The highest BCUT2D eigenvalue weighted by molar-refractivity contribution is 6.31. The summed E-state index contributed by atoms with van der Waals surface area (Å²) >= 11 is 6.21. The van der Waals surface area contributed by atoms with E-state index < -0.39 is 6.04 Å². The molecule has 2 rings (SSSR count). The first-order valence-electron chi connectivity index (χ1n) is 8.90. The highest BCUT2D eigenvalue weighted by atomic mass is 35.5. The third-order valence-electron chi connectivity index (χ3n) is 4.33. The van der Waals surface area contributed by atoms with E-state index in [1.165, 1.54) is 4.90 Å². The second kappa shape index (κ2) is 9.53. The number of benzene rings is 2. The molecule has 0 fully saturated rings. The molecule has 6 heteroatoms. The highest BCUT2D eigenvalue weighted by Gasteiger charge is 2.22. The Morgan fingerprint density at radius 1 is 1.07 bits per heavy atom. The van der Waals surface area contributed by atoms with Gasteiger partial charge in [0.25, 0.3) is 0 Å². The lowest BCUT2D eigenvalue weighted by Gasteiger charge is -2.25. The number of rotatable bonds is 7. The molecule has 0 aliphatic heterocycles. The average Bonchev–Trinajstić information content (AvgIpc) is 2.63. The maximum absolute atomic E-state index is 12.6. The van der Waals surface area contributed by atoms with Crippen molar-refractivity contribution in [1.29, 1.82) is 0 Å². The predicted octanol–water partition coefficient (Wildman–Crippen LogP) is 3.78. The molecule has 0 bridgehead atoms. The summed E-state index contributed by atoms with van der Waals surface area (Å²) in [6.07, 6.45) is 0. The Hall–Kier alpha value is -2.37. The number of carbonyl (C=O) groups is 2. The highest BCUT2D eigenvalue weighted by Crippen LogP contribution is 2.22. The smallest absolute Gasteiger partial charge is 0.243 e. The number of anilines is 1. The normalized spacial score (nSPS) is 12.9. The van der Waals surface area contributed by atoms with Crippen molar-refractivity contribution < 1.29 is 9.59 Å². The first kappa shape index (κ1) is 20.9. The summed E-state index contributed by atoms with van der Waals surface area (Å²) in [4.78, 5) is 26.2. The number of hydrogen-bond acceptors (Lipinski definition) is 3. The number of hydrogen-bond donors (Lipinski definition) is 2. The van der Waals surface area contributed by atoms with E-state index in [0.29, 0.717) is 10.7 Å². The van der Waals surface area contributed by atoms with Crippen molar-refractivity contribution in [3.63, 3.8) is 0 Å². The Balaban J connectivity index is 1.88. The van der Waals surface area contributed by atoms with Crippen LogP contribution in [0.25, 0.3) is 0 Å². The Morgan fingerprint density at radius 3 is 2.33 bits per heavy atom. The number of aryl methyl sites for hydroxylation is 1. The molecule has 0 spiro atoms. The van der Waals surface area contributed by atoms with Gasteiger partial charge in [-0.05, 0) is 44.5 Å². The fraction of sp³-hybridized carbons (Fsp3) is 0.333. The van der Waals surface area contributed by atoms with E-state index in [1.54, 1.807) is 14.0 Å². The molecule has 0 heterocycles. The van der Waals surface area contributed by atoms with Crippen molar-refractivity contribution >= 4 is 29.1 Å². The van der Waals surface area contributed by atoms with Crippen LogP contribution in [0.1, 0.15) is 31.0 Å². The Labute approximate surface area is 165 Å². The summed E-state index contributed by atoms with van der Waals surface area (Å²) in [7, 11) is 1.62. The van der Waals surface area contributed by atoms with Crippen LogP contribution in [0.15, 0.2) is 48.5 Å². The number of carbonyl (C=O) groups excluding carboxylic acids is 2. The minimum Gasteiger partial charge on any atom is -0.335 e. The monoisotopic (exact) mass is 387 g/mol. The van der Waals surface area contributed by atoms with Gasteiger partial charge >= 0.3 is 0 Å². The second-order valence-electron chi connectivity index (χ2n) is 6.74. The van der Waals surface area contributed by atoms with E-state index in [9.17, 15) is 9.59 Å². The molecule has 0 aliphatic carbocycles. The summed E-state index contributed by atoms with van der Waals surface area (Å²) in [6, 6.07) is 14.5. The molecular formula is C21H26ClN3O2. The van der Waals surface area contributed by atoms with Crippen LogP contribution in [0, 0.1) is 6.92 Å². The van der Waals surface area contributed by atoms with E-state index in [-0.39, 0.29) is 24.4 Å². The molecule has 0 saturated heterocycles. The fourth-order valence-corrected chi connectivity index (χ4v) is 3.12. The van der Waals surface area contributed by atoms with Gasteiger partial charge in [-0.25, -0.2) is 0 Å². The molecule has 27 heavy (non-hydrogen) atoms. The second-order valence-corrected chi connectivity index (χ2v) is 7.15. The third kappa shape index (κ3) is 6.08. The first-order valence-corrected chi connectivity index (χ1v) is 9.27. The van der Waals surface area contributed by atoms with Gasteiger partial charge in [0.05, 0.1) is 12.6 Å². The largest absolute Gasteiger partial charge is 0.335 e. The van der Waals surface area contributed by atoms with Crippen LogP contribution in [0.3, 0.4) is 0 Å². The van der Waals surface area contributed by atoms with Crippen molar-refractivity contribution in [1.82, 2.24) is 10.2 Å². The van der Waals surface area contributed by atoms with Crippen molar-refractivity contribution in [2.45, 2.75) is 32.9 Å². The Kier molecular flexibility index (Phi) is 7.39. The maximum atomic E-state index is 12.6. The lowest BCUT2D eigenvalue weighted by atomic mass is 10.1. The summed E-state index contributed by atoms with van der Waals surface area (Å²) in [5.41, 5.74) is 2.76.